The second-order valence-corrected chi connectivity index (χ2v) is 6.04. The highest BCUT2D eigenvalue weighted by molar-refractivity contribution is 5.24. The fraction of sp³-hybridized carbons (Fsp3) is 0.647. The minimum absolute atomic E-state index is 0.171. The Kier molecular flexibility index (Phi) is 5.00. The molecule has 3 unspecified atom stereocenters. The molecule has 1 fully saturated rings. The van der Waals surface area contributed by atoms with Crippen LogP contribution in [0.15, 0.2) is 24.3 Å². The van der Waals surface area contributed by atoms with Crippen molar-refractivity contribution in [3.63, 3.8) is 0 Å². The van der Waals surface area contributed by atoms with Gasteiger partial charge < -0.3 is 5.73 Å². The largest absolute Gasteiger partial charge is 0.324 e. The first-order valence-electron chi connectivity index (χ1n) is 7.69. The number of aryl methyl sites for hydroxylation is 1. The lowest BCUT2D eigenvalue weighted by Crippen LogP contribution is -2.36. The molecule has 0 aliphatic carbocycles. The number of nitrogens with two attached hydrogens (primary N) is 1. The minimum Gasteiger partial charge on any atom is -0.324 e. The highest BCUT2D eigenvalue weighted by Gasteiger charge is 2.28. The van der Waals surface area contributed by atoms with E-state index in [1.807, 2.05) is 0 Å². The van der Waals surface area contributed by atoms with Crippen LogP contribution >= 0.6 is 0 Å². The molecule has 1 aliphatic heterocycles. The van der Waals surface area contributed by atoms with Crippen molar-refractivity contribution in [3.8, 4) is 0 Å². The maximum atomic E-state index is 6.35. The molecule has 0 spiro atoms. The summed E-state index contributed by atoms with van der Waals surface area (Å²) in [5.41, 5.74) is 8.93. The van der Waals surface area contributed by atoms with Crippen molar-refractivity contribution in [2.45, 2.75) is 64.6 Å². The smallest absolute Gasteiger partial charge is 0.0307 e. The van der Waals surface area contributed by atoms with Crippen molar-refractivity contribution in [2.24, 2.45) is 5.73 Å². The topological polar surface area (TPSA) is 29.3 Å². The summed E-state index contributed by atoms with van der Waals surface area (Å²) in [7, 11) is 0. The monoisotopic (exact) mass is 260 g/mol. The molecule has 0 saturated carbocycles. The highest BCUT2D eigenvalue weighted by atomic mass is 15.2. The van der Waals surface area contributed by atoms with E-state index in [4.69, 9.17) is 5.73 Å². The van der Waals surface area contributed by atoms with Gasteiger partial charge in [-0.25, -0.2) is 0 Å². The highest BCUT2D eigenvalue weighted by Crippen LogP contribution is 2.27. The molecule has 2 heteroatoms. The van der Waals surface area contributed by atoms with Gasteiger partial charge in [0.05, 0.1) is 0 Å². The summed E-state index contributed by atoms with van der Waals surface area (Å²) >= 11 is 0. The van der Waals surface area contributed by atoms with Crippen LogP contribution in [0.4, 0.5) is 0 Å². The first-order chi connectivity index (χ1) is 9.11. The Hall–Kier alpha value is -0.860. The molecular formula is C17H28N2. The van der Waals surface area contributed by atoms with Crippen LogP contribution in [0.25, 0.3) is 0 Å². The molecule has 1 saturated heterocycles. The quantitative estimate of drug-likeness (QED) is 0.875. The van der Waals surface area contributed by atoms with Crippen molar-refractivity contribution < 1.29 is 0 Å². The molecule has 0 aromatic heterocycles. The van der Waals surface area contributed by atoms with Crippen molar-refractivity contribution >= 4 is 0 Å². The van der Waals surface area contributed by atoms with E-state index >= 15 is 0 Å². The van der Waals surface area contributed by atoms with E-state index in [1.54, 1.807) is 0 Å². The van der Waals surface area contributed by atoms with Crippen LogP contribution in [-0.2, 0) is 0 Å². The second-order valence-electron chi connectivity index (χ2n) is 6.04. The minimum atomic E-state index is 0.171. The Bertz CT molecular complexity index is 402. The zero-order valence-electron chi connectivity index (χ0n) is 12.6. The zero-order valence-corrected chi connectivity index (χ0v) is 12.6. The second kappa shape index (κ2) is 6.53. The number of nitrogens with zero attached hydrogens (tertiary/aromatic N) is 1. The van der Waals surface area contributed by atoms with E-state index in [9.17, 15) is 0 Å². The molecule has 19 heavy (non-hydrogen) atoms. The normalized spacial score (nSPS) is 25.7. The first kappa shape index (κ1) is 14.5. The van der Waals surface area contributed by atoms with Crippen molar-refractivity contribution in [2.75, 3.05) is 6.54 Å². The number of benzene rings is 1. The molecule has 0 bridgehead atoms. The molecule has 1 heterocycles. The molecule has 2 N–H and O–H groups in total. The van der Waals surface area contributed by atoms with E-state index in [0.29, 0.717) is 0 Å². The van der Waals surface area contributed by atoms with E-state index in [1.165, 1.54) is 30.4 Å². The average molecular weight is 260 g/mol. The first-order valence-corrected chi connectivity index (χ1v) is 7.69. The number of rotatable bonds is 5. The van der Waals surface area contributed by atoms with Crippen LogP contribution in [0, 0.1) is 6.92 Å². The fourth-order valence-electron chi connectivity index (χ4n) is 3.32. The summed E-state index contributed by atoms with van der Waals surface area (Å²) in [5.74, 6) is 0. The number of likely N-dealkylation sites (tertiary alicyclic amines) is 1. The van der Waals surface area contributed by atoms with Crippen LogP contribution < -0.4 is 5.73 Å². The van der Waals surface area contributed by atoms with Crippen LogP contribution in [-0.4, -0.2) is 23.5 Å². The number of hydrogen-bond acceptors (Lipinski definition) is 2. The zero-order chi connectivity index (χ0) is 13.8. The van der Waals surface area contributed by atoms with Crippen LogP contribution in [0.3, 0.4) is 0 Å². The Morgan fingerprint density at radius 2 is 2.16 bits per heavy atom. The van der Waals surface area contributed by atoms with Gasteiger partial charge in [0.25, 0.3) is 0 Å². The third kappa shape index (κ3) is 3.58. The molecule has 0 amide bonds. The summed E-state index contributed by atoms with van der Waals surface area (Å²) in [6.45, 7) is 7.92. The summed E-state index contributed by atoms with van der Waals surface area (Å²) in [4.78, 5) is 2.66. The van der Waals surface area contributed by atoms with Crippen molar-refractivity contribution in [1.82, 2.24) is 4.90 Å². The van der Waals surface area contributed by atoms with Gasteiger partial charge in [0.2, 0.25) is 0 Å². The van der Waals surface area contributed by atoms with Gasteiger partial charge in [0.1, 0.15) is 0 Å². The lowest BCUT2D eigenvalue weighted by atomic mass is 10.0. The summed E-state index contributed by atoms with van der Waals surface area (Å²) in [5, 5.41) is 0. The van der Waals surface area contributed by atoms with Gasteiger partial charge in [0, 0.05) is 24.7 Å². The summed E-state index contributed by atoms with van der Waals surface area (Å²) in [6, 6.07) is 10.3. The predicted molar refractivity (Wildman–Crippen MR) is 82.2 cm³/mol. The molecule has 1 aromatic rings. The van der Waals surface area contributed by atoms with Gasteiger partial charge in [-0.1, -0.05) is 36.8 Å². The molecule has 2 nitrogen and oxygen atoms in total. The van der Waals surface area contributed by atoms with E-state index in [-0.39, 0.29) is 6.04 Å². The molecule has 1 aromatic carbocycles. The maximum Gasteiger partial charge on any atom is 0.0307 e. The van der Waals surface area contributed by atoms with E-state index in [0.717, 1.165) is 25.0 Å². The van der Waals surface area contributed by atoms with Crippen molar-refractivity contribution in [3.05, 3.63) is 35.4 Å². The lowest BCUT2D eigenvalue weighted by Gasteiger charge is -2.28. The molecular weight excluding hydrogens is 232 g/mol. The standard InChI is InChI=1S/C17H28N2/c1-4-16-9-8-14(3)19(16)11-10-17(18)15-7-5-6-13(2)12-15/h5-7,12,14,16-17H,4,8-11,18H2,1-3H3. The summed E-state index contributed by atoms with van der Waals surface area (Å²) in [6.07, 6.45) is 5.03. The van der Waals surface area contributed by atoms with Gasteiger partial charge >= 0.3 is 0 Å². The molecule has 3 atom stereocenters. The predicted octanol–water partition coefficient (Wildman–Crippen LogP) is 3.65. The SMILES string of the molecule is CCC1CCC(C)N1CCC(N)c1cccc(C)c1. The van der Waals surface area contributed by atoms with Crippen LogP contribution in [0.1, 0.15) is 56.7 Å². The maximum absolute atomic E-state index is 6.35. The Balaban J connectivity index is 1.91. The van der Waals surface area contributed by atoms with Crippen molar-refractivity contribution in [1.29, 1.82) is 0 Å². The molecule has 106 valence electrons. The molecule has 0 radical (unpaired) electrons. The van der Waals surface area contributed by atoms with Crippen LogP contribution in [0.5, 0.6) is 0 Å². The van der Waals surface area contributed by atoms with Crippen LogP contribution in [0.2, 0.25) is 0 Å². The van der Waals surface area contributed by atoms with Gasteiger partial charge in [-0.2, -0.15) is 0 Å². The van der Waals surface area contributed by atoms with Gasteiger partial charge in [-0.05, 0) is 45.1 Å². The third-order valence-electron chi connectivity index (χ3n) is 4.59. The van der Waals surface area contributed by atoms with Gasteiger partial charge in [-0.15, -0.1) is 0 Å². The summed E-state index contributed by atoms with van der Waals surface area (Å²) < 4.78 is 0. The molecule has 1 aliphatic rings. The molecule has 2 rings (SSSR count). The van der Waals surface area contributed by atoms with Gasteiger partial charge in [0.15, 0.2) is 0 Å². The third-order valence-corrected chi connectivity index (χ3v) is 4.59. The lowest BCUT2D eigenvalue weighted by molar-refractivity contribution is 0.191. The fourth-order valence-corrected chi connectivity index (χ4v) is 3.32. The Labute approximate surface area is 118 Å². The average Bonchev–Trinajstić information content (AvgIpc) is 2.76. The number of hydrogen-bond donors (Lipinski definition) is 1. The van der Waals surface area contributed by atoms with Gasteiger partial charge in [-0.3, -0.25) is 4.90 Å². The van der Waals surface area contributed by atoms with E-state index < -0.39 is 0 Å². The Morgan fingerprint density at radius 3 is 2.84 bits per heavy atom. The van der Waals surface area contributed by atoms with E-state index in [2.05, 4.69) is 49.9 Å². The Morgan fingerprint density at radius 1 is 1.37 bits per heavy atom.